The molecule has 0 saturated carbocycles. The molecule has 3 rings (SSSR count). The van der Waals surface area contributed by atoms with E-state index in [9.17, 15) is 8.42 Å². The van der Waals surface area contributed by atoms with Crippen LogP contribution in [0.15, 0.2) is 77.8 Å². The predicted octanol–water partition coefficient (Wildman–Crippen LogP) is 3.63. The van der Waals surface area contributed by atoms with Crippen molar-refractivity contribution in [2.24, 2.45) is 0 Å². The van der Waals surface area contributed by atoms with Gasteiger partial charge in [0.1, 0.15) is 11.6 Å². The van der Waals surface area contributed by atoms with Gasteiger partial charge in [-0.05, 0) is 48.5 Å². The number of anilines is 3. The Morgan fingerprint density at radius 2 is 1.60 bits per heavy atom. The van der Waals surface area contributed by atoms with Gasteiger partial charge in [0.15, 0.2) is 0 Å². The van der Waals surface area contributed by atoms with Crippen LogP contribution in [-0.2, 0) is 10.0 Å². The first-order valence-corrected chi connectivity index (χ1v) is 9.00. The van der Waals surface area contributed by atoms with Crippen LogP contribution >= 0.6 is 0 Å². The summed E-state index contributed by atoms with van der Waals surface area (Å²) in [5, 5.41) is 3.14. The maximum atomic E-state index is 12.4. The average molecular weight is 355 g/mol. The Balaban J connectivity index is 1.71. The molecule has 0 atom stereocenters. The number of nitrogens with zero attached hydrogens (tertiary/aromatic N) is 1. The van der Waals surface area contributed by atoms with Crippen molar-refractivity contribution >= 4 is 27.2 Å². The first-order valence-electron chi connectivity index (χ1n) is 7.52. The average Bonchev–Trinajstić information content (AvgIpc) is 2.64. The molecular formula is C18H17N3O3S. The second-order valence-electron chi connectivity index (χ2n) is 5.20. The van der Waals surface area contributed by atoms with E-state index in [4.69, 9.17) is 4.74 Å². The molecule has 2 N–H and O–H groups in total. The standard InChI is InChI=1S/C18H17N3O3S/c1-24-16-8-10-17(11-9-16)25(22,23)21-15-7-12-18(19-13-15)20-14-5-3-2-4-6-14/h2-13,21H,1H3,(H,19,20). The molecule has 0 aliphatic rings. The molecule has 1 aromatic heterocycles. The van der Waals surface area contributed by atoms with E-state index in [0.29, 0.717) is 17.3 Å². The number of sulfonamides is 1. The van der Waals surface area contributed by atoms with Crippen molar-refractivity contribution in [3.8, 4) is 5.75 Å². The number of benzene rings is 2. The molecule has 0 radical (unpaired) electrons. The summed E-state index contributed by atoms with van der Waals surface area (Å²) < 4.78 is 32.3. The van der Waals surface area contributed by atoms with Gasteiger partial charge < -0.3 is 10.1 Å². The van der Waals surface area contributed by atoms with Crippen LogP contribution in [0.1, 0.15) is 0 Å². The molecule has 25 heavy (non-hydrogen) atoms. The maximum absolute atomic E-state index is 12.4. The lowest BCUT2D eigenvalue weighted by atomic mass is 10.3. The summed E-state index contributed by atoms with van der Waals surface area (Å²) >= 11 is 0. The number of methoxy groups -OCH3 is 1. The van der Waals surface area contributed by atoms with Gasteiger partial charge in [-0.3, -0.25) is 4.72 Å². The van der Waals surface area contributed by atoms with Gasteiger partial charge in [0.05, 0.1) is 23.9 Å². The molecule has 2 aromatic carbocycles. The van der Waals surface area contributed by atoms with E-state index in [1.54, 1.807) is 24.3 Å². The van der Waals surface area contributed by atoms with Crippen LogP contribution in [0, 0.1) is 0 Å². The van der Waals surface area contributed by atoms with Gasteiger partial charge in [0.2, 0.25) is 0 Å². The zero-order valence-corrected chi connectivity index (χ0v) is 14.3. The third-order valence-corrected chi connectivity index (χ3v) is 4.83. The van der Waals surface area contributed by atoms with E-state index in [1.807, 2.05) is 30.3 Å². The normalized spacial score (nSPS) is 10.9. The minimum Gasteiger partial charge on any atom is -0.497 e. The summed E-state index contributed by atoms with van der Waals surface area (Å²) in [6.45, 7) is 0. The summed E-state index contributed by atoms with van der Waals surface area (Å²) in [6, 6.07) is 19.1. The lowest BCUT2D eigenvalue weighted by Gasteiger charge is -2.10. The van der Waals surface area contributed by atoms with Crippen molar-refractivity contribution in [3.05, 3.63) is 72.9 Å². The number of nitrogens with one attached hydrogen (secondary N) is 2. The minimum absolute atomic E-state index is 0.153. The third-order valence-electron chi connectivity index (χ3n) is 3.43. The molecule has 0 saturated heterocycles. The van der Waals surface area contributed by atoms with Crippen molar-refractivity contribution in [1.29, 1.82) is 0 Å². The van der Waals surface area contributed by atoms with Crippen LogP contribution in [0.2, 0.25) is 0 Å². The largest absolute Gasteiger partial charge is 0.497 e. The molecule has 0 bridgehead atoms. The Kier molecular flexibility index (Phi) is 4.85. The summed E-state index contributed by atoms with van der Waals surface area (Å²) in [5.41, 5.74) is 1.29. The highest BCUT2D eigenvalue weighted by atomic mass is 32.2. The lowest BCUT2D eigenvalue weighted by Crippen LogP contribution is -2.13. The fourth-order valence-electron chi connectivity index (χ4n) is 2.17. The Hall–Kier alpha value is -3.06. The number of hydrogen-bond acceptors (Lipinski definition) is 5. The van der Waals surface area contributed by atoms with Crippen molar-refractivity contribution in [3.63, 3.8) is 0 Å². The first kappa shape index (κ1) is 16.8. The number of hydrogen-bond donors (Lipinski definition) is 2. The number of pyridine rings is 1. The van der Waals surface area contributed by atoms with Gasteiger partial charge in [-0.25, -0.2) is 13.4 Å². The molecule has 128 valence electrons. The molecule has 7 heteroatoms. The third kappa shape index (κ3) is 4.27. The molecule has 6 nitrogen and oxygen atoms in total. The fourth-order valence-corrected chi connectivity index (χ4v) is 3.21. The molecule has 3 aromatic rings. The van der Waals surface area contributed by atoms with E-state index in [2.05, 4.69) is 15.0 Å². The van der Waals surface area contributed by atoms with E-state index in [0.717, 1.165) is 5.69 Å². The maximum Gasteiger partial charge on any atom is 0.261 e. The Labute approximate surface area is 146 Å². The van der Waals surface area contributed by atoms with Crippen molar-refractivity contribution < 1.29 is 13.2 Å². The van der Waals surface area contributed by atoms with Crippen LogP contribution in [0.5, 0.6) is 5.75 Å². The number of rotatable bonds is 6. The predicted molar refractivity (Wildman–Crippen MR) is 97.8 cm³/mol. The topological polar surface area (TPSA) is 80.3 Å². The van der Waals surface area contributed by atoms with Crippen LogP contribution in [-0.4, -0.2) is 20.5 Å². The number of ether oxygens (including phenoxy) is 1. The Bertz CT molecular complexity index is 926. The second-order valence-corrected chi connectivity index (χ2v) is 6.89. The van der Waals surface area contributed by atoms with Gasteiger partial charge in [-0.2, -0.15) is 0 Å². The molecule has 0 aliphatic carbocycles. The molecule has 0 unspecified atom stereocenters. The lowest BCUT2D eigenvalue weighted by molar-refractivity contribution is 0.414. The van der Waals surface area contributed by atoms with Crippen molar-refractivity contribution in [1.82, 2.24) is 4.98 Å². The van der Waals surface area contributed by atoms with Crippen molar-refractivity contribution in [2.45, 2.75) is 4.90 Å². The quantitative estimate of drug-likeness (QED) is 0.706. The highest BCUT2D eigenvalue weighted by molar-refractivity contribution is 7.92. The first-order chi connectivity index (χ1) is 12.1. The van der Waals surface area contributed by atoms with Crippen LogP contribution in [0.3, 0.4) is 0 Å². The van der Waals surface area contributed by atoms with Gasteiger partial charge in [-0.1, -0.05) is 18.2 Å². The Morgan fingerprint density at radius 1 is 0.880 bits per heavy atom. The highest BCUT2D eigenvalue weighted by Crippen LogP contribution is 2.20. The van der Waals surface area contributed by atoms with E-state index >= 15 is 0 Å². The zero-order valence-electron chi connectivity index (χ0n) is 13.5. The van der Waals surface area contributed by atoms with E-state index in [-0.39, 0.29) is 4.90 Å². The molecule has 1 heterocycles. The molecule has 0 aliphatic heterocycles. The summed E-state index contributed by atoms with van der Waals surface area (Å²) in [4.78, 5) is 4.37. The van der Waals surface area contributed by atoms with Gasteiger partial charge in [0, 0.05) is 5.69 Å². The summed E-state index contributed by atoms with van der Waals surface area (Å²) in [5.74, 6) is 1.22. The minimum atomic E-state index is -3.68. The molecule has 0 spiro atoms. The molecular weight excluding hydrogens is 338 g/mol. The summed E-state index contributed by atoms with van der Waals surface area (Å²) in [6.07, 6.45) is 1.46. The fraction of sp³-hybridized carbons (Fsp3) is 0.0556. The molecule has 0 amide bonds. The van der Waals surface area contributed by atoms with E-state index in [1.165, 1.54) is 25.4 Å². The van der Waals surface area contributed by atoms with Crippen LogP contribution in [0.4, 0.5) is 17.2 Å². The van der Waals surface area contributed by atoms with Crippen molar-refractivity contribution in [2.75, 3.05) is 17.1 Å². The summed E-state index contributed by atoms with van der Waals surface area (Å²) in [7, 11) is -2.15. The van der Waals surface area contributed by atoms with Crippen LogP contribution in [0.25, 0.3) is 0 Å². The molecule has 0 fully saturated rings. The highest BCUT2D eigenvalue weighted by Gasteiger charge is 2.14. The SMILES string of the molecule is COc1ccc(S(=O)(=O)Nc2ccc(Nc3ccccc3)nc2)cc1. The Morgan fingerprint density at radius 3 is 2.20 bits per heavy atom. The van der Waals surface area contributed by atoms with E-state index < -0.39 is 10.0 Å². The van der Waals surface area contributed by atoms with Gasteiger partial charge in [0.25, 0.3) is 10.0 Å². The smallest absolute Gasteiger partial charge is 0.261 e. The van der Waals surface area contributed by atoms with Gasteiger partial charge in [-0.15, -0.1) is 0 Å². The number of para-hydroxylation sites is 1. The second kappa shape index (κ2) is 7.23. The monoisotopic (exact) mass is 355 g/mol. The van der Waals surface area contributed by atoms with Crippen LogP contribution < -0.4 is 14.8 Å². The van der Waals surface area contributed by atoms with Gasteiger partial charge >= 0.3 is 0 Å². The number of aromatic nitrogens is 1. The zero-order chi connectivity index (χ0) is 17.7.